The van der Waals surface area contributed by atoms with Crippen LogP contribution in [0.2, 0.25) is 5.02 Å². The average Bonchev–Trinajstić information content (AvgIpc) is 2.53. The summed E-state index contributed by atoms with van der Waals surface area (Å²) < 4.78 is 0. The van der Waals surface area contributed by atoms with Crippen LogP contribution in [0.15, 0.2) is 24.3 Å². The number of hydrogen-bond donors (Lipinski definition) is 3. The van der Waals surface area contributed by atoms with Crippen molar-refractivity contribution in [3.05, 3.63) is 34.9 Å². The second kappa shape index (κ2) is 8.29. The minimum atomic E-state index is -0.758. The number of halogens is 1. The van der Waals surface area contributed by atoms with Gasteiger partial charge in [0, 0.05) is 17.5 Å². The van der Waals surface area contributed by atoms with Gasteiger partial charge in [-0.1, -0.05) is 23.7 Å². The highest BCUT2D eigenvalue weighted by Gasteiger charge is 2.25. The largest absolute Gasteiger partial charge is 0.387 e. The third-order valence-electron chi connectivity index (χ3n) is 4.06. The van der Waals surface area contributed by atoms with Crippen LogP contribution in [-0.4, -0.2) is 48.0 Å². The number of rotatable bonds is 6. The molecule has 1 aromatic rings. The van der Waals surface area contributed by atoms with Crippen molar-refractivity contribution >= 4 is 23.4 Å². The van der Waals surface area contributed by atoms with E-state index in [-0.39, 0.29) is 30.8 Å². The quantitative estimate of drug-likeness (QED) is 0.710. The molecular weight excluding hydrogens is 318 g/mol. The lowest BCUT2D eigenvalue weighted by Gasteiger charge is -2.30. The van der Waals surface area contributed by atoms with Gasteiger partial charge in [0.2, 0.25) is 11.8 Å². The van der Waals surface area contributed by atoms with Crippen molar-refractivity contribution in [3.63, 3.8) is 0 Å². The number of aliphatic hydroxyl groups is 1. The summed E-state index contributed by atoms with van der Waals surface area (Å²) in [6, 6.07) is 6.88. The zero-order chi connectivity index (χ0) is 16.8. The van der Waals surface area contributed by atoms with Crippen LogP contribution in [0.4, 0.5) is 0 Å². The number of likely N-dealkylation sites (tertiary alicyclic amines) is 1. The minimum Gasteiger partial charge on any atom is -0.387 e. The molecule has 23 heavy (non-hydrogen) atoms. The Morgan fingerprint density at radius 2 is 1.91 bits per heavy atom. The van der Waals surface area contributed by atoms with Gasteiger partial charge in [-0.3, -0.25) is 14.5 Å². The van der Waals surface area contributed by atoms with E-state index in [1.54, 1.807) is 24.3 Å². The van der Waals surface area contributed by atoms with E-state index in [9.17, 15) is 14.7 Å². The summed E-state index contributed by atoms with van der Waals surface area (Å²) >= 11 is 5.80. The Morgan fingerprint density at radius 3 is 2.48 bits per heavy atom. The zero-order valence-corrected chi connectivity index (χ0v) is 13.6. The molecule has 1 heterocycles. The van der Waals surface area contributed by atoms with E-state index < -0.39 is 6.10 Å². The lowest BCUT2D eigenvalue weighted by atomic mass is 9.95. The molecule has 2 rings (SSSR count). The van der Waals surface area contributed by atoms with Crippen LogP contribution in [0.1, 0.15) is 24.5 Å². The van der Waals surface area contributed by atoms with Gasteiger partial charge >= 0.3 is 0 Å². The van der Waals surface area contributed by atoms with E-state index in [0.717, 1.165) is 0 Å². The van der Waals surface area contributed by atoms with E-state index in [2.05, 4.69) is 5.32 Å². The molecule has 1 fully saturated rings. The smallest absolute Gasteiger partial charge is 0.231 e. The maximum absolute atomic E-state index is 12.2. The van der Waals surface area contributed by atoms with Gasteiger partial charge in [-0.25, -0.2) is 0 Å². The highest BCUT2D eigenvalue weighted by Crippen LogP contribution is 2.18. The van der Waals surface area contributed by atoms with Gasteiger partial charge in [0.05, 0.1) is 12.6 Å². The summed E-state index contributed by atoms with van der Waals surface area (Å²) in [6.45, 7) is 1.77. The number of hydrogen-bond acceptors (Lipinski definition) is 4. The third kappa shape index (κ3) is 5.49. The van der Waals surface area contributed by atoms with Crippen LogP contribution < -0.4 is 11.1 Å². The maximum Gasteiger partial charge on any atom is 0.231 e. The topological polar surface area (TPSA) is 95.7 Å². The number of carbonyl (C=O) groups is 2. The van der Waals surface area contributed by atoms with Crippen molar-refractivity contribution in [2.45, 2.75) is 18.9 Å². The van der Waals surface area contributed by atoms with Gasteiger partial charge in [-0.15, -0.1) is 0 Å². The van der Waals surface area contributed by atoms with Gasteiger partial charge in [0.25, 0.3) is 0 Å². The normalized spacial score (nSPS) is 17.7. The molecule has 126 valence electrons. The number of piperidine rings is 1. The summed E-state index contributed by atoms with van der Waals surface area (Å²) in [4.78, 5) is 25.0. The predicted octanol–water partition coefficient (Wildman–Crippen LogP) is 0.687. The highest BCUT2D eigenvalue weighted by molar-refractivity contribution is 6.30. The van der Waals surface area contributed by atoms with Gasteiger partial charge < -0.3 is 16.2 Å². The van der Waals surface area contributed by atoms with Gasteiger partial charge in [0.1, 0.15) is 0 Å². The monoisotopic (exact) mass is 339 g/mol. The van der Waals surface area contributed by atoms with E-state index in [0.29, 0.717) is 36.5 Å². The van der Waals surface area contributed by atoms with Crippen molar-refractivity contribution in [3.8, 4) is 0 Å². The Morgan fingerprint density at radius 1 is 1.30 bits per heavy atom. The Labute approximate surface area is 140 Å². The molecule has 7 heteroatoms. The fourth-order valence-electron chi connectivity index (χ4n) is 2.72. The van der Waals surface area contributed by atoms with Crippen molar-refractivity contribution < 1.29 is 14.7 Å². The summed E-state index contributed by atoms with van der Waals surface area (Å²) in [7, 11) is 0. The Kier molecular flexibility index (Phi) is 6.38. The van der Waals surface area contributed by atoms with E-state index >= 15 is 0 Å². The molecule has 4 N–H and O–H groups in total. The summed E-state index contributed by atoms with van der Waals surface area (Å²) in [5, 5.41) is 13.5. The second-order valence-corrected chi connectivity index (χ2v) is 6.27. The molecule has 0 spiro atoms. The van der Waals surface area contributed by atoms with Gasteiger partial charge in [-0.2, -0.15) is 0 Å². The fourth-order valence-corrected chi connectivity index (χ4v) is 2.84. The first-order valence-electron chi connectivity index (χ1n) is 7.67. The Hall–Kier alpha value is -1.63. The van der Waals surface area contributed by atoms with Crippen LogP contribution in [-0.2, 0) is 9.59 Å². The predicted molar refractivity (Wildman–Crippen MR) is 87.8 cm³/mol. The van der Waals surface area contributed by atoms with Gasteiger partial charge in [0.15, 0.2) is 0 Å². The SMILES string of the molecule is NC(=O)CN1CCC(C(=O)NCC(O)c2ccc(Cl)cc2)CC1. The lowest BCUT2D eigenvalue weighted by molar-refractivity contribution is -0.127. The zero-order valence-electron chi connectivity index (χ0n) is 12.9. The van der Waals surface area contributed by atoms with E-state index in [4.69, 9.17) is 17.3 Å². The first kappa shape index (κ1) is 17.7. The van der Waals surface area contributed by atoms with Crippen molar-refractivity contribution in [2.24, 2.45) is 11.7 Å². The van der Waals surface area contributed by atoms with Crippen LogP contribution in [0.25, 0.3) is 0 Å². The molecule has 0 aliphatic carbocycles. The molecule has 0 aromatic heterocycles. The number of benzene rings is 1. The molecule has 1 saturated heterocycles. The Bertz CT molecular complexity index is 542. The molecule has 1 aliphatic heterocycles. The molecule has 0 bridgehead atoms. The van der Waals surface area contributed by atoms with Crippen LogP contribution in [0.3, 0.4) is 0 Å². The number of carbonyl (C=O) groups excluding carboxylic acids is 2. The first-order chi connectivity index (χ1) is 11.0. The average molecular weight is 340 g/mol. The van der Waals surface area contributed by atoms with E-state index in [1.807, 2.05) is 4.90 Å². The molecule has 1 atom stereocenters. The number of nitrogens with one attached hydrogen (secondary N) is 1. The van der Waals surface area contributed by atoms with E-state index in [1.165, 1.54) is 0 Å². The third-order valence-corrected chi connectivity index (χ3v) is 4.31. The molecule has 6 nitrogen and oxygen atoms in total. The molecule has 1 aromatic carbocycles. The number of nitrogens with two attached hydrogens (primary N) is 1. The molecular formula is C16H22ClN3O3. The van der Waals surface area contributed by atoms with Gasteiger partial charge in [-0.05, 0) is 43.6 Å². The van der Waals surface area contributed by atoms with Crippen LogP contribution in [0.5, 0.6) is 0 Å². The van der Waals surface area contributed by atoms with Crippen LogP contribution in [0, 0.1) is 5.92 Å². The summed E-state index contributed by atoms with van der Waals surface area (Å²) in [6.07, 6.45) is 0.623. The maximum atomic E-state index is 12.2. The molecule has 1 aliphatic rings. The Balaban J connectivity index is 1.75. The number of aliphatic hydroxyl groups excluding tert-OH is 1. The molecule has 0 saturated carbocycles. The fraction of sp³-hybridized carbons (Fsp3) is 0.500. The summed E-state index contributed by atoms with van der Waals surface area (Å²) in [5.74, 6) is -0.493. The summed E-state index contributed by atoms with van der Waals surface area (Å²) in [5.41, 5.74) is 5.88. The number of amides is 2. The molecule has 0 radical (unpaired) electrons. The lowest BCUT2D eigenvalue weighted by Crippen LogP contribution is -2.44. The number of nitrogens with zero attached hydrogens (tertiary/aromatic N) is 1. The first-order valence-corrected chi connectivity index (χ1v) is 8.05. The highest BCUT2D eigenvalue weighted by atomic mass is 35.5. The molecule has 1 unspecified atom stereocenters. The minimum absolute atomic E-state index is 0.0586. The molecule has 2 amide bonds. The number of primary amides is 1. The van der Waals surface area contributed by atoms with Crippen molar-refractivity contribution in [2.75, 3.05) is 26.2 Å². The van der Waals surface area contributed by atoms with Crippen molar-refractivity contribution in [1.82, 2.24) is 10.2 Å². The van der Waals surface area contributed by atoms with Crippen LogP contribution >= 0.6 is 11.6 Å². The standard InChI is InChI=1S/C16H22ClN3O3/c17-13-3-1-11(2-4-13)14(21)9-19-16(23)12-5-7-20(8-6-12)10-15(18)22/h1-4,12,14,21H,5-10H2,(H2,18,22)(H,19,23). The second-order valence-electron chi connectivity index (χ2n) is 5.83. The van der Waals surface area contributed by atoms with Crippen molar-refractivity contribution in [1.29, 1.82) is 0 Å².